The molecule has 124 valence electrons. The Morgan fingerprint density at radius 2 is 2.00 bits per heavy atom. The Morgan fingerprint density at radius 1 is 1.35 bits per heavy atom. The topological polar surface area (TPSA) is 72.2 Å². The van der Waals surface area contributed by atoms with Crippen LogP contribution in [0.3, 0.4) is 0 Å². The number of nitro benzene ring substituents is 1. The number of carbonyl (C=O) groups excluding carboxylic acids is 1. The first-order valence-corrected chi connectivity index (χ1v) is 8.06. The molecular formula is C18H24N2O3. The molecule has 23 heavy (non-hydrogen) atoms. The van der Waals surface area contributed by atoms with Crippen molar-refractivity contribution in [3.63, 3.8) is 0 Å². The molecule has 1 saturated carbocycles. The van der Waals surface area contributed by atoms with Gasteiger partial charge in [-0.2, -0.15) is 0 Å². The lowest BCUT2D eigenvalue weighted by Crippen LogP contribution is -2.29. The summed E-state index contributed by atoms with van der Waals surface area (Å²) in [5, 5.41) is 13.7. The van der Waals surface area contributed by atoms with Gasteiger partial charge in [0.05, 0.1) is 4.92 Å². The average molecular weight is 316 g/mol. The van der Waals surface area contributed by atoms with Gasteiger partial charge >= 0.3 is 0 Å². The summed E-state index contributed by atoms with van der Waals surface area (Å²) >= 11 is 0. The quantitative estimate of drug-likeness (QED) is 0.485. The highest BCUT2D eigenvalue weighted by Crippen LogP contribution is 2.41. The monoisotopic (exact) mass is 316 g/mol. The fourth-order valence-corrected chi connectivity index (χ4v) is 2.89. The van der Waals surface area contributed by atoms with Crippen LogP contribution in [-0.4, -0.2) is 10.7 Å². The lowest BCUT2D eigenvalue weighted by atomic mass is 9.68. The Balaban J connectivity index is 2.08. The third kappa shape index (κ3) is 4.18. The lowest BCUT2D eigenvalue weighted by molar-refractivity contribution is -0.384. The molecule has 0 bridgehead atoms. The summed E-state index contributed by atoms with van der Waals surface area (Å²) in [4.78, 5) is 22.3. The molecule has 1 aliphatic carbocycles. The van der Waals surface area contributed by atoms with E-state index in [1.807, 2.05) is 0 Å². The third-order valence-electron chi connectivity index (χ3n) is 5.05. The molecule has 0 saturated heterocycles. The molecule has 0 heterocycles. The van der Waals surface area contributed by atoms with E-state index < -0.39 is 4.92 Å². The fraction of sp³-hybridized carbons (Fsp3) is 0.500. The number of ketones is 1. The number of nitro groups is 1. The first-order valence-electron chi connectivity index (χ1n) is 8.06. The summed E-state index contributed by atoms with van der Waals surface area (Å²) in [7, 11) is 0. The van der Waals surface area contributed by atoms with Crippen molar-refractivity contribution < 1.29 is 9.72 Å². The van der Waals surface area contributed by atoms with Gasteiger partial charge in [-0.15, -0.1) is 0 Å². The smallest absolute Gasteiger partial charge is 0.269 e. The van der Waals surface area contributed by atoms with E-state index in [9.17, 15) is 14.9 Å². The molecule has 0 aliphatic heterocycles. The number of nitrogens with one attached hydrogen (secondary N) is 1. The minimum absolute atomic E-state index is 0.0571. The van der Waals surface area contributed by atoms with E-state index in [1.165, 1.54) is 12.1 Å². The molecule has 5 nitrogen and oxygen atoms in total. The van der Waals surface area contributed by atoms with E-state index in [1.54, 1.807) is 18.3 Å². The van der Waals surface area contributed by atoms with E-state index in [0.717, 1.165) is 30.5 Å². The van der Waals surface area contributed by atoms with Crippen molar-refractivity contribution in [2.45, 2.75) is 46.5 Å². The number of Topliss-reactive ketones (excluding diaryl/α,β-unsaturated/α-hetero) is 1. The van der Waals surface area contributed by atoms with Crippen molar-refractivity contribution in [3.05, 3.63) is 46.2 Å². The van der Waals surface area contributed by atoms with E-state index in [-0.39, 0.29) is 16.9 Å². The zero-order chi connectivity index (χ0) is 17.0. The fourth-order valence-electron chi connectivity index (χ4n) is 2.89. The molecule has 1 aliphatic rings. The van der Waals surface area contributed by atoms with Crippen LogP contribution < -0.4 is 5.32 Å². The van der Waals surface area contributed by atoms with Crippen molar-refractivity contribution in [2.24, 2.45) is 11.3 Å². The summed E-state index contributed by atoms with van der Waals surface area (Å²) < 4.78 is 0. The van der Waals surface area contributed by atoms with Crippen molar-refractivity contribution >= 4 is 17.2 Å². The van der Waals surface area contributed by atoms with Gasteiger partial charge in [-0.1, -0.05) is 27.2 Å². The Hall–Kier alpha value is -2.17. The maximum Gasteiger partial charge on any atom is 0.269 e. The molecule has 1 aromatic rings. The molecule has 1 atom stereocenters. The minimum Gasteiger partial charge on any atom is -0.361 e. The van der Waals surface area contributed by atoms with Crippen molar-refractivity contribution in [1.82, 2.24) is 0 Å². The van der Waals surface area contributed by atoms with Gasteiger partial charge < -0.3 is 5.32 Å². The number of benzene rings is 1. The Labute approximate surface area is 136 Å². The summed E-state index contributed by atoms with van der Waals surface area (Å²) in [5.74, 6) is 0.706. The second-order valence-corrected chi connectivity index (χ2v) is 6.82. The van der Waals surface area contributed by atoms with Crippen LogP contribution >= 0.6 is 0 Å². The van der Waals surface area contributed by atoms with Crippen LogP contribution in [0.5, 0.6) is 0 Å². The maximum atomic E-state index is 12.1. The molecule has 0 radical (unpaired) electrons. The number of hydrogen-bond donors (Lipinski definition) is 1. The van der Waals surface area contributed by atoms with Gasteiger partial charge in [0.1, 0.15) is 0 Å². The van der Waals surface area contributed by atoms with Crippen LogP contribution in [0.25, 0.3) is 0 Å². The average Bonchev–Trinajstić information content (AvgIpc) is 2.54. The first kappa shape index (κ1) is 17.2. The van der Waals surface area contributed by atoms with Crippen LogP contribution in [-0.2, 0) is 4.79 Å². The molecule has 2 rings (SSSR count). The van der Waals surface area contributed by atoms with E-state index in [0.29, 0.717) is 12.3 Å². The van der Waals surface area contributed by atoms with E-state index >= 15 is 0 Å². The number of hydrogen-bond acceptors (Lipinski definition) is 4. The molecule has 0 spiro atoms. The number of non-ortho nitro benzene ring substituents is 1. The van der Waals surface area contributed by atoms with Crippen LogP contribution in [0.1, 0.15) is 46.5 Å². The van der Waals surface area contributed by atoms with Gasteiger partial charge in [0, 0.05) is 36.0 Å². The van der Waals surface area contributed by atoms with Gasteiger partial charge in [-0.3, -0.25) is 14.9 Å². The van der Waals surface area contributed by atoms with Crippen molar-refractivity contribution in [1.29, 1.82) is 0 Å². The van der Waals surface area contributed by atoms with Gasteiger partial charge in [0.2, 0.25) is 0 Å². The predicted octanol–water partition coefficient (Wildman–Crippen LogP) is 4.70. The van der Waals surface area contributed by atoms with Gasteiger partial charge in [0.25, 0.3) is 5.69 Å². The molecule has 1 N–H and O–H groups in total. The maximum absolute atomic E-state index is 12.1. The second-order valence-electron chi connectivity index (χ2n) is 6.82. The molecule has 0 aromatic heterocycles. The molecule has 0 unspecified atom stereocenters. The summed E-state index contributed by atoms with van der Waals surface area (Å²) in [6.07, 6.45) is 5.20. The highest BCUT2D eigenvalue weighted by atomic mass is 16.6. The largest absolute Gasteiger partial charge is 0.361 e. The van der Waals surface area contributed by atoms with Crippen molar-refractivity contribution in [2.75, 3.05) is 5.32 Å². The number of nitrogens with zero attached hydrogens (tertiary/aromatic N) is 1. The zero-order valence-electron chi connectivity index (χ0n) is 14.0. The summed E-state index contributed by atoms with van der Waals surface area (Å²) in [5.41, 5.74) is 1.85. The van der Waals surface area contributed by atoms with Crippen LogP contribution in [0.4, 0.5) is 11.4 Å². The Morgan fingerprint density at radius 3 is 2.57 bits per heavy atom. The Kier molecular flexibility index (Phi) is 5.19. The molecule has 0 amide bonds. The molecular weight excluding hydrogens is 292 g/mol. The summed E-state index contributed by atoms with van der Waals surface area (Å²) in [6, 6.07) is 6.20. The zero-order valence-corrected chi connectivity index (χ0v) is 14.0. The van der Waals surface area contributed by atoms with Gasteiger partial charge in [-0.25, -0.2) is 0 Å². The molecule has 1 aromatic carbocycles. The van der Waals surface area contributed by atoms with Crippen LogP contribution in [0.15, 0.2) is 36.0 Å². The SMILES string of the molecule is CCC(C)(C)[C@H]1CCC(=O)/C(=C/Nc2ccc([N+](=O)[O-])cc2)C1. The first-order chi connectivity index (χ1) is 10.8. The van der Waals surface area contributed by atoms with E-state index in [2.05, 4.69) is 26.1 Å². The highest BCUT2D eigenvalue weighted by Gasteiger charge is 2.33. The normalized spacial score (nSPS) is 20.6. The lowest BCUT2D eigenvalue weighted by Gasteiger charge is -2.36. The molecule has 1 fully saturated rings. The predicted molar refractivity (Wildman–Crippen MR) is 91.2 cm³/mol. The number of anilines is 1. The van der Waals surface area contributed by atoms with Crippen molar-refractivity contribution in [3.8, 4) is 0 Å². The number of rotatable bonds is 5. The third-order valence-corrected chi connectivity index (χ3v) is 5.05. The number of allylic oxidation sites excluding steroid dienone is 1. The summed E-state index contributed by atoms with van der Waals surface area (Å²) in [6.45, 7) is 6.71. The van der Waals surface area contributed by atoms with Crippen LogP contribution in [0, 0.1) is 21.4 Å². The number of carbonyl (C=O) groups is 1. The van der Waals surface area contributed by atoms with Crippen LogP contribution in [0.2, 0.25) is 0 Å². The highest BCUT2D eigenvalue weighted by molar-refractivity contribution is 5.96. The molecule has 5 heteroatoms. The minimum atomic E-state index is -0.426. The second kappa shape index (κ2) is 6.94. The standard InChI is InChI=1S/C18H24N2O3/c1-4-18(2,3)14-5-10-17(21)13(11-14)12-19-15-6-8-16(9-7-15)20(22)23/h6-9,12,14,19H,4-5,10-11H2,1-3H3/b13-12+/t14-/m0/s1. The van der Waals surface area contributed by atoms with E-state index in [4.69, 9.17) is 0 Å². The van der Waals surface area contributed by atoms with Gasteiger partial charge in [-0.05, 0) is 36.3 Å². The van der Waals surface area contributed by atoms with Gasteiger partial charge in [0.15, 0.2) is 5.78 Å². The Bertz CT molecular complexity index is 618.